The zero-order chi connectivity index (χ0) is 11.3. The lowest BCUT2D eigenvalue weighted by Gasteiger charge is -2.14. The monoisotopic (exact) mass is 212 g/mol. The van der Waals surface area contributed by atoms with Gasteiger partial charge in [0.15, 0.2) is 0 Å². The molecule has 1 heterocycles. The number of hydrogen-bond donors (Lipinski definition) is 2. The van der Waals surface area contributed by atoms with Gasteiger partial charge in [-0.1, -0.05) is 25.5 Å². The molecule has 0 saturated carbocycles. The fourth-order valence-electron chi connectivity index (χ4n) is 1.67. The van der Waals surface area contributed by atoms with Crippen LogP contribution < -0.4 is 5.73 Å². The van der Waals surface area contributed by atoms with E-state index in [1.807, 2.05) is 11.6 Å². The number of rotatable bonds is 6. The molecule has 0 spiro atoms. The van der Waals surface area contributed by atoms with E-state index >= 15 is 0 Å². The van der Waals surface area contributed by atoms with Crippen LogP contribution in [0.25, 0.3) is 0 Å². The van der Waals surface area contributed by atoms with Crippen molar-refractivity contribution in [2.45, 2.75) is 45.7 Å². The molecule has 0 radical (unpaired) electrons. The van der Waals surface area contributed by atoms with Gasteiger partial charge in [0.25, 0.3) is 0 Å². The number of aliphatic hydroxyl groups is 1. The average molecular weight is 212 g/mol. The van der Waals surface area contributed by atoms with E-state index in [0.717, 1.165) is 30.7 Å². The van der Waals surface area contributed by atoms with Gasteiger partial charge in [-0.15, -0.1) is 5.10 Å². The smallest absolute Gasteiger partial charge is 0.0994 e. The highest BCUT2D eigenvalue weighted by Gasteiger charge is 2.16. The maximum atomic E-state index is 9.23. The Kier molecular flexibility index (Phi) is 4.71. The summed E-state index contributed by atoms with van der Waals surface area (Å²) in [5.74, 6) is 0. The van der Waals surface area contributed by atoms with E-state index in [0.29, 0.717) is 6.54 Å². The Morgan fingerprint density at radius 3 is 2.67 bits per heavy atom. The van der Waals surface area contributed by atoms with Crippen LogP contribution in [-0.2, 0) is 13.0 Å². The molecular weight excluding hydrogens is 192 g/mol. The molecule has 0 aliphatic carbocycles. The maximum absolute atomic E-state index is 9.23. The van der Waals surface area contributed by atoms with Crippen molar-refractivity contribution in [3.05, 3.63) is 11.4 Å². The van der Waals surface area contributed by atoms with Crippen LogP contribution in [0.3, 0.4) is 0 Å². The lowest BCUT2D eigenvalue weighted by Crippen LogP contribution is -2.17. The van der Waals surface area contributed by atoms with Crippen molar-refractivity contribution in [1.29, 1.82) is 0 Å². The average Bonchev–Trinajstić information content (AvgIpc) is 2.64. The Morgan fingerprint density at radius 1 is 1.47 bits per heavy atom. The Labute approximate surface area is 90.3 Å². The number of aliphatic hydroxyl groups excluding tert-OH is 1. The summed E-state index contributed by atoms with van der Waals surface area (Å²) in [4.78, 5) is 0. The van der Waals surface area contributed by atoms with Crippen LogP contribution in [0.4, 0.5) is 0 Å². The number of hydrogen-bond acceptors (Lipinski definition) is 4. The number of nitrogens with two attached hydrogens (primary N) is 1. The first kappa shape index (κ1) is 12.1. The number of nitrogens with zero attached hydrogens (tertiary/aromatic N) is 3. The quantitative estimate of drug-likeness (QED) is 0.725. The third kappa shape index (κ3) is 2.54. The minimum absolute atomic E-state index is 0.0272. The van der Waals surface area contributed by atoms with Gasteiger partial charge in [-0.05, 0) is 12.8 Å². The van der Waals surface area contributed by atoms with Crippen LogP contribution in [0.5, 0.6) is 0 Å². The first-order valence-electron chi connectivity index (χ1n) is 5.52. The van der Waals surface area contributed by atoms with Gasteiger partial charge >= 0.3 is 0 Å². The molecule has 3 N–H and O–H groups in total. The third-order valence-electron chi connectivity index (χ3n) is 2.58. The normalized spacial score (nSPS) is 13.1. The summed E-state index contributed by atoms with van der Waals surface area (Å²) in [6.45, 7) is 4.65. The molecule has 0 bridgehead atoms. The van der Waals surface area contributed by atoms with Crippen LogP contribution in [0.1, 0.15) is 44.1 Å². The molecule has 1 rings (SSSR count). The summed E-state index contributed by atoms with van der Waals surface area (Å²) in [6.07, 6.45) is 2.79. The lowest BCUT2D eigenvalue weighted by molar-refractivity contribution is 0.210. The highest BCUT2D eigenvalue weighted by atomic mass is 16.3. The van der Waals surface area contributed by atoms with E-state index in [1.54, 1.807) is 0 Å². The molecule has 0 saturated heterocycles. The highest BCUT2D eigenvalue weighted by Crippen LogP contribution is 2.16. The molecule has 0 aromatic carbocycles. The summed E-state index contributed by atoms with van der Waals surface area (Å²) in [6, 6.07) is 0.0272. The standard InChI is InChI=1S/C10H20N4O/c1-3-5-10-9(6-11)12-13-14(10)8(4-2)7-15/h8,15H,3-7,11H2,1-2H3. The van der Waals surface area contributed by atoms with E-state index in [2.05, 4.69) is 17.2 Å². The Hall–Kier alpha value is -0.940. The molecule has 0 amide bonds. The molecule has 0 fully saturated rings. The van der Waals surface area contributed by atoms with Crippen molar-refractivity contribution in [3.63, 3.8) is 0 Å². The van der Waals surface area contributed by atoms with Crippen molar-refractivity contribution in [2.24, 2.45) is 5.73 Å². The first-order chi connectivity index (χ1) is 7.28. The molecule has 5 heteroatoms. The van der Waals surface area contributed by atoms with E-state index in [-0.39, 0.29) is 12.6 Å². The minimum Gasteiger partial charge on any atom is -0.394 e. The fourth-order valence-corrected chi connectivity index (χ4v) is 1.67. The molecule has 1 atom stereocenters. The van der Waals surface area contributed by atoms with Gasteiger partial charge in [-0.3, -0.25) is 0 Å². The first-order valence-corrected chi connectivity index (χ1v) is 5.52. The van der Waals surface area contributed by atoms with Gasteiger partial charge in [0, 0.05) is 6.54 Å². The fraction of sp³-hybridized carbons (Fsp3) is 0.800. The molecule has 1 aromatic rings. The summed E-state index contributed by atoms with van der Waals surface area (Å²) >= 11 is 0. The van der Waals surface area contributed by atoms with Crippen molar-refractivity contribution in [3.8, 4) is 0 Å². The van der Waals surface area contributed by atoms with Gasteiger partial charge in [0.05, 0.1) is 24.0 Å². The molecule has 5 nitrogen and oxygen atoms in total. The Bertz CT molecular complexity index is 294. The van der Waals surface area contributed by atoms with E-state index < -0.39 is 0 Å². The molecule has 0 aliphatic heterocycles. The SMILES string of the molecule is CCCc1c(CN)nnn1C(CC)CO. The van der Waals surface area contributed by atoms with Crippen LogP contribution in [-0.4, -0.2) is 26.7 Å². The summed E-state index contributed by atoms with van der Waals surface area (Å²) in [5, 5.41) is 17.4. The van der Waals surface area contributed by atoms with Crippen LogP contribution in [0, 0.1) is 0 Å². The van der Waals surface area contributed by atoms with Gasteiger partial charge in [-0.2, -0.15) is 0 Å². The van der Waals surface area contributed by atoms with E-state index in [9.17, 15) is 5.11 Å². The largest absolute Gasteiger partial charge is 0.394 e. The van der Waals surface area contributed by atoms with Crippen molar-refractivity contribution < 1.29 is 5.11 Å². The summed E-state index contributed by atoms with van der Waals surface area (Å²) in [7, 11) is 0. The van der Waals surface area contributed by atoms with Gasteiger partial charge in [-0.25, -0.2) is 4.68 Å². The highest BCUT2D eigenvalue weighted by molar-refractivity contribution is 5.10. The third-order valence-corrected chi connectivity index (χ3v) is 2.58. The summed E-state index contributed by atoms with van der Waals surface area (Å²) < 4.78 is 1.83. The van der Waals surface area contributed by atoms with E-state index in [4.69, 9.17) is 5.73 Å². The Morgan fingerprint density at radius 2 is 2.20 bits per heavy atom. The predicted molar refractivity (Wildman–Crippen MR) is 58.3 cm³/mol. The molecule has 86 valence electrons. The predicted octanol–water partition coefficient (Wildman–Crippen LogP) is 0.633. The Balaban J connectivity index is 2.99. The maximum Gasteiger partial charge on any atom is 0.0994 e. The number of aromatic nitrogens is 3. The molecule has 0 aliphatic rings. The van der Waals surface area contributed by atoms with Crippen molar-refractivity contribution in [1.82, 2.24) is 15.0 Å². The van der Waals surface area contributed by atoms with Crippen LogP contribution in [0.15, 0.2) is 0 Å². The molecular formula is C10H20N4O. The molecule has 15 heavy (non-hydrogen) atoms. The van der Waals surface area contributed by atoms with Crippen LogP contribution >= 0.6 is 0 Å². The topological polar surface area (TPSA) is 77.0 Å². The van der Waals surface area contributed by atoms with Crippen LogP contribution in [0.2, 0.25) is 0 Å². The van der Waals surface area contributed by atoms with Gasteiger partial charge in [0.1, 0.15) is 0 Å². The molecule has 1 unspecified atom stereocenters. The minimum atomic E-state index is 0.0272. The van der Waals surface area contributed by atoms with Gasteiger partial charge < -0.3 is 10.8 Å². The molecule has 1 aromatic heterocycles. The second kappa shape index (κ2) is 5.82. The zero-order valence-electron chi connectivity index (χ0n) is 9.48. The summed E-state index contributed by atoms with van der Waals surface area (Å²) in [5.41, 5.74) is 7.52. The van der Waals surface area contributed by atoms with Gasteiger partial charge in [0.2, 0.25) is 0 Å². The second-order valence-corrected chi connectivity index (χ2v) is 3.63. The van der Waals surface area contributed by atoms with E-state index in [1.165, 1.54) is 0 Å². The van der Waals surface area contributed by atoms with Crippen molar-refractivity contribution in [2.75, 3.05) is 6.61 Å². The lowest BCUT2D eigenvalue weighted by atomic mass is 10.1. The zero-order valence-corrected chi connectivity index (χ0v) is 9.48. The second-order valence-electron chi connectivity index (χ2n) is 3.63. The van der Waals surface area contributed by atoms with Crippen molar-refractivity contribution >= 4 is 0 Å².